The van der Waals surface area contributed by atoms with Crippen molar-refractivity contribution in [3.8, 4) is 17.0 Å². The Labute approximate surface area is 103 Å². The number of alkyl halides is 1. The van der Waals surface area contributed by atoms with E-state index in [-0.39, 0.29) is 0 Å². The number of hydrogen-bond donors (Lipinski definition) is 0. The molecule has 0 radical (unpaired) electrons. The molecule has 2 rings (SSSR count). The Kier molecular flexibility index (Phi) is 3.29. The van der Waals surface area contributed by atoms with E-state index in [2.05, 4.69) is 20.9 Å². The summed E-state index contributed by atoms with van der Waals surface area (Å²) in [5.74, 6) is 2.37. The number of aromatic nitrogens is 1. The highest BCUT2D eigenvalue weighted by atomic mass is 79.9. The van der Waals surface area contributed by atoms with E-state index in [1.807, 2.05) is 31.2 Å². The number of aryl methyl sites for hydroxylation is 1. The summed E-state index contributed by atoms with van der Waals surface area (Å²) >= 11 is 3.39. The molecule has 16 heavy (non-hydrogen) atoms. The Bertz CT molecular complexity index is 476. The molecule has 0 aliphatic rings. The number of hydrogen-bond acceptors (Lipinski definition) is 3. The van der Waals surface area contributed by atoms with Crippen molar-refractivity contribution in [1.29, 1.82) is 0 Å². The number of benzene rings is 1. The van der Waals surface area contributed by atoms with Crippen LogP contribution in [0.1, 0.15) is 11.7 Å². The number of oxazole rings is 1. The van der Waals surface area contributed by atoms with Crippen LogP contribution in [0.2, 0.25) is 0 Å². The summed E-state index contributed by atoms with van der Waals surface area (Å²) in [4.78, 5) is 4.37. The standard InChI is InChI=1S/C12H12BrNO2/c1-8-14-12(11(7-13)16-8)9-3-5-10(15-2)6-4-9/h3-6H,7H2,1-2H3. The molecule has 0 aliphatic heterocycles. The summed E-state index contributed by atoms with van der Waals surface area (Å²) in [6, 6.07) is 7.78. The second-order valence-electron chi connectivity index (χ2n) is 3.37. The van der Waals surface area contributed by atoms with Crippen molar-refractivity contribution >= 4 is 15.9 Å². The van der Waals surface area contributed by atoms with Gasteiger partial charge in [-0.1, -0.05) is 15.9 Å². The van der Waals surface area contributed by atoms with Crippen LogP contribution in [-0.2, 0) is 5.33 Å². The molecule has 0 N–H and O–H groups in total. The molecule has 3 nitrogen and oxygen atoms in total. The average Bonchev–Trinajstić information content (AvgIpc) is 2.70. The van der Waals surface area contributed by atoms with Crippen LogP contribution in [0.5, 0.6) is 5.75 Å². The van der Waals surface area contributed by atoms with Gasteiger partial charge in [0.1, 0.15) is 17.2 Å². The van der Waals surface area contributed by atoms with Crippen LogP contribution in [0.15, 0.2) is 28.7 Å². The van der Waals surface area contributed by atoms with E-state index in [1.54, 1.807) is 7.11 Å². The van der Waals surface area contributed by atoms with Crippen LogP contribution in [-0.4, -0.2) is 12.1 Å². The van der Waals surface area contributed by atoms with Gasteiger partial charge in [0, 0.05) is 12.5 Å². The van der Waals surface area contributed by atoms with Crippen molar-refractivity contribution < 1.29 is 9.15 Å². The Morgan fingerprint density at radius 1 is 1.31 bits per heavy atom. The smallest absolute Gasteiger partial charge is 0.191 e. The molecule has 84 valence electrons. The molecule has 0 spiro atoms. The van der Waals surface area contributed by atoms with Gasteiger partial charge in [-0.3, -0.25) is 0 Å². The van der Waals surface area contributed by atoms with E-state index in [0.717, 1.165) is 22.8 Å². The minimum Gasteiger partial charge on any atom is -0.497 e. The second kappa shape index (κ2) is 4.70. The molecule has 1 heterocycles. The van der Waals surface area contributed by atoms with Crippen LogP contribution in [0, 0.1) is 6.92 Å². The summed E-state index contributed by atoms with van der Waals surface area (Å²) in [6.07, 6.45) is 0. The fraction of sp³-hybridized carbons (Fsp3) is 0.250. The lowest BCUT2D eigenvalue weighted by Gasteiger charge is -2.01. The molecule has 0 atom stereocenters. The molecule has 1 aromatic heterocycles. The van der Waals surface area contributed by atoms with Crippen LogP contribution < -0.4 is 4.74 Å². The molecular formula is C12H12BrNO2. The highest BCUT2D eigenvalue weighted by molar-refractivity contribution is 9.08. The quantitative estimate of drug-likeness (QED) is 0.807. The van der Waals surface area contributed by atoms with Gasteiger partial charge in [-0.2, -0.15) is 0 Å². The maximum absolute atomic E-state index is 5.49. The first-order valence-corrected chi connectivity index (χ1v) is 6.03. The molecule has 4 heteroatoms. The molecular weight excluding hydrogens is 270 g/mol. The third-order valence-corrected chi connectivity index (χ3v) is 2.80. The van der Waals surface area contributed by atoms with Gasteiger partial charge < -0.3 is 9.15 Å². The summed E-state index contributed by atoms with van der Waals surface area (Å²) in [5.41, 5.74) is 1.92. The van der Waals surface area contributed by atoms with E-state index in [9.17, 15) is 0 Å². The number of ether oxygens (including phenoxy) is 1. The normalized spacial score (nSPS) is 10.4. The number of nitrogens with zero attached hydrogens (tertiary/aromatic N) is 1. The summed E-state index contributed by atoms with van der Waals surface area (Å²) in [5, 5.41) is 0.662. The monoisotopic (exact) mass is 281 g/mol. The lowest BCUT2D eigenvalue weighted by atomic mass is 10.1. The first-order chi connectivity index (χ1) is 7.74. The predicted octanol–water partition coefficient (Wildman–Crippen LogP) is 3.55. The molecule has 0 unspecified atom stereocenters. The Hall–Kier alpha value is -1.29. The zero-order valence-electron chi connectivity index (χ0n) is 9.16. The van der Waals surface area contributed by atoms with Gasteiger partial charge in [-0.15, -0.1) is 0 Å². The van der Waals surface area contributed by atoms with Gasteiger partial charge in [0.2, 0.25) is 0 Å². The molecule has 0 saturated heterocycles. The van der Waals surface area contributed by atoms with Crippen molar-refractivity contribution in [2.45, 2.75) is 12.3 Å². The lowest BCUT2D eigenvalue weighted by molar-refractivity contribution is 0.415. The fourth-order valence-corrected chi connectivity index (χ4v) is 1.91. The zero-order valence-corrected chi connectivity index (χ0v) is 10.7. The minimum absolute atomic E-state index is 0.662. The predicted molar refractivity (Wildman–Crippen MR) is 65.9 cm³/mol. The Morgan fingerprint density at radius 2 is 2.00 bits per heavy atom. The van der Waals surface area contributed by atoms with Crippen molar-refractivity contribution in [3.63, 3.8) is 0 Å². The lowest BCUT2D eigenvalue weighted by Crippen LogP contribution is -1.85. The Morgan fingerprint density at radius 3 is 2.56 bits per heavy atom. The van der Waals surface area contributed by atoms with Crippen LogP contribution >= 0.6 is 15.9 Å². The molecule has 0 aliphatic carbocycles. The first-order valence-electron chi connectivity index (χ1n) is 4.91. The largest absolute Gasteiger partial charge is 0.497 e. The Balaban J connectivity index is 2.41. The van der Waals surface area contributed by atoms with E-state index >= 15 is 0 Å². The van der Waals surface area contributed by atoms with Gasteiger partial charge in [0.25, 0.3) is 0 Å². The number of rotatable bonds is 3. The molecule has 1 aromatic carbocycles. The first kappa shape index (κ1) is 11.2. The third kappa shape index (κ3) is 2.11. The second-order valence-corrected chi connectivity index (χ2v) is 3.93. The fourth-order valence-electron chi connectivity index (χ4n) is 1.53. The minimum atomic E-state index is 0.662. The molecule has 0 bridgehead atoms. The average molecular weight is 282 g/mol. The van der Waals surface area contributed by atoms with Gasteiger partial charge in [0.05, 0.1) is 12.4 Å². The van der Waals surface area contributed by atoms with Gasteiger partial charge in [-0.25, -0.2) is 4.98 Å². The molecule has 2 aromatic rings. The van der Waals surface area contributed by atoms with Crippen molar-refractivity contribution in [1.82, 2.24) is 4.98 Å². The van der Waals surface area contributed by atoms with E-state index in [1.165, 1.54) is 0 Å². The summed E-state index contributed by atoms with van der Waals surface area (Å²) in [6.45, 7) is 1.85. The van der Waals surface area contributed by atoms with Crippen LogP contribution in [0.3, 0.4) is 0 Å². The zero-order chi connectivity index (χ0) is 11.5. The van der Waals surface area contributed by atoms with Crippen molar-refractivity contribution in [3.05, 3.63) is 35.9 Å². The number of methoxy groups -OCH3 is 1. The van der Waals surface area contributed by atoms with Crippen molar-refractivity contribution in [2.75, 3.05) is 7.11 Å². The van der Waals surface area contributed by atoms with Crippen LogP contribution in [0.4, 0.5) is 0 Å². The van der Waals surface area contributed by atoms with Gasteiger partial charge in [0.15, 0.2) is 5.89 Å². The molecule has 0 amide bonds. The van der Waals surface area contributed by atoms with Gasteiger partial charge >= 0.3 is 0 Å². The topological polar surface area (TPSA) is 35.3 Å². The molecule has 0 fully saturated rings. The van der Waals surface area contributed by atoms with Crippen molar-refractivity contribution in [2.24, 2.45) is 0 Å². The van der Waals surface area contributed by atoms with E-state index in [0.29, 0.717) is 11.2 Å². The number of halogens is 1. The third-order valence-electron chi connectivity index (χ3n) is 2.29. The highest BCUT2D eigenvalue weighted by Gasteiger charge is 2.11. The maximum Gasteiger partial charge on any atom is 0.191 e. The van der Waals surface area contributed by atoms with Crippen LogP contribution in [0.25, 0.3) is 11.3 Å². The van der Waals surface area contributed by atoms with E-state index < -0.39 is 0 Å². The highest BCUT2D eigenvalue weighted by Crippen LogP contribution is 2.27. The maximum atomic E-state index is 5.49. The van der Waals surface area contributed by atoms with E-state index in [4.69, 9.17) is 9.15 Å². The molecule has 0 saturated carbocycles. The van der Waals surface area contributed by atoms with Gasteiger partial charge in [-0.05, 0) is 24.3 Å². The summed E-state index contributed by atoms with van der Waals surface area (Å²) in [7, 11) is 1.65. The summed E-state index contributed by atoms with van der Waals surface area (Å²) < 4.78 is 10.6. The SMILES string of the molecule is COc1ccc(-c2nc(C)oc2CBr)cc1.